The van der Waals surface area contributed by atoms with Crippen molar-refractivity contribution in [2.75, 3.05) is 7.11 Å². The SMILES string of the molecule is COc1cccn(Cc2c(F)cccc2Cl)c1=O. The smallest absolute Gasteiger partial charge is 0.293 e. The van der Waals surface area contributed by atoms with Crippen LogP contribution in [0.2, 0.25) is 5.02 Å². The van der Waals surface area contributed by atoms with Crippen molar-refractivity contribution >= 4 is 11.6 Å². The standard InChI is InChI=1S/C13H11ClFNO2/c1-18-12-6-3-7-16(13(12)17)8-9-10(14)4-2-5-11(9)15/h2-7H,8H2,1H3. The van der Waals surface area contributed by atoms with Gasteiger partial charge in [-0.25, -0.2) is 4.39 Å². The van der Waals surface area contributed by atoms with Crippen LogP contribution in [0, 0.1) is 5.82 Å². The summed E-state index contributed by atoms with van der Waals surface area (Å²) in [5.74, 6) is -0.220. The molecule has 0 spiro atoms. The van der Waals surface area contributed by atoms with Crippen molar-refractivity contribution in [2.45, 2.75) is 6.54 Å². The molecule has 3 nitrogen and oxygen atoms in total. The summed E-state index contributed by atoms with van der Waals surface area (Å²) < 4.78 is 19.9. The maximum atomic E-state index is 13.6. The van der Waals surface area contributed by atoms with Crippen LogP contribution in [-0.4, -0.2) is 11.7 Å². The van der Waals surface area contributed by atoms with Crippen molar-refractivity contribution in [3.8, 4) is 5.75 Å². The van der Waals surface area contributed by atoms with Gasteiger partial charge in [0.15, 0.2) is 5.75 Å². The van der Waals surface area contributed by atoms with Gasteiger partial charge in [0.2, 0.25) is 0 Å². The summed E-state index contributed by atoms with van der Waals surface area (Å²) in [7, 11) is 1.41. The molecule has 18 heavy (non-hydrogen) atoms. The molecule has 0 aliphatic heterocycles. The average Bonchev–Trinajstić information content (AvgIpc) is 2.36. The van der Waals surface area contributed by atoms with Gasteiger partial charge in [-0.1, -0.05) is 17.7 Å². The van der Waals surface area contributed by atoms with Crippen LogP contribution in [0.1, 0.15) is 5.56 Å². The van der Waals surface area contributed by atoms with Gasteiger partial charge in [-0.05, 0) is 24.3 Å². The van der Waals surface area contributed by atoms with Crippen LogP contribution in [0.3, 0.4) is 0 Å². The van der Waals surface area contributed by atoms with E-state index in [2.05, 4.69) is 0 Å². The number of hydrogen-bond donors (Lipinski definition) is 0. The van der Waals surface area contributed by atoms with Gasteiger partial charge in [-0.3, -0.25) is 4.79 Å². The minimum absolute atomic E-state index is 0.0710. The molecule has 0 radical (unpaired) electrons. The highest BCUT2D eigenvalue weighted by Gasteiger charge is 2.09. The third kappa shape index (κ3) is 2.38. The van der Waals surface area contributed by atoms with Crippen molar-refractivity contribution in [2.24, 2.45) is 0 Å². The Morgan fingerprint density at radius 2 is 2.11 bits per heavy atom. The van der Waals surface area contributed by atoms with E-state index < -0.39 is 5.82 Å². The van der Waals surface area contributed by atoms with Gasteiger partial charge in [-0.15, -0.1) is 0 Å². The first-order chi connectivity index (χ1) is 8.63. The average molecular weight is 268 g/mol. The zero-order valence-corrected chi connectivity index (χ0v) is 10.4. The van der Waals surface area contributed by atoms with E-state index in [1.54, 1.807) is 24.4 Å². The van der Waals surface area contributed by atoms with Crippen molar-refractivity contribution in [3.05, 3.63) is 63.3 Å². The summed E-state index contributed by atoms with van der Waals surface area (Å²) in [4.78, 5) is 11.9. The van der Waals surface area contributed by atoms with E-state index in [9.17, 15) is 9.18 Å². The molecule has 0 N–H and O–H groups in total. The van der Waals surface area contributed by atoms with E-state index >= 15 is 0 Å². The maximum Gasteiger partial charge on any atom is 0.293 e. The lowest BCUT2D eigenvalue weighted by Gasteiger charge is -2.09. The van der Waals surface area contributed by atoms with Crippen molar-refractivity contribution in [1.82, 2.24) is 4.57 Å². The van der Waals surface area contributed by atoms with Crippen LogP contribution >= 0.6 is 11.6 Å². The van der Waals surface area contributed by atoms with Gasteiger partial charge < -0.3 is 9.30 Å². The van der Waals surface area contributed by atoms with Gasteiger partial charge >= 0.3 is 0 Å². The van der Waals surface area contributed by atoms with E-state index in [-0.39, 0.29) is 23.4 Å². The van der Waals surface area contributed by atoms with E-state index in [4.69, 9.17) is 16.3 Å². The molecule has 0 aliphatic rings. The fourth-order valence-corrected chi connectivity index (χ4v) is 1.87. The van der Waals surface area contributed by atoms with Crippen LogP contribution in [0.15, 0.2) is 41.3 Å². The summed E-state index contributed by atoms with van der Waals surface area (Å²) in [6, 6.07) is 7.64. The van der Waals surface area contributed by atoms with Crippen molar-refractivity contribution < 1.29 is 9.13 Å². The molecule has 0 bridgehead atoms. The number of pyridine rings is 1. The first-order valence-electron chi connectivity index (χ1n) is 5.30. The Balaban J connectivity index is 2.44. The minimum atomic E-state index is -0.433. The van der Waals surface area contributed by atoms with Gasteiger partial charge in [0, 0.05) is 16.8 Å². The quantitative estimate of drug-likeness (QED) is 0.856. The highest BCUT2D eigenvalue weighted by atomic mass is 35.5. The van der Waals surface area contributed by atoms with E-state index in [1.807, 2.05) is 0 Å². The molecule has 2 rings (SSSR count). The molecule has 5 heteroatoms. The maximum absolute atomic E-state index is 13.6. The van der Waals surface area contributed by atoms with Gasteiger partial charge in [0.05, 0.1) is 13.7 Å². The molecule has 0 amide bonds. The predicted molar refractivity (Wildman–Crippen MR) is 67.8 cm³/mol. The van der Waals surface area contributed by atoms with Crippen LogP contribution in [0.5, 0.6) is 5.75 Å². The molecule has 0 fully saturated rings. The number of nitrogens with zero attached hydrogens (tertiary/aromatic N) is 1. The summed E-state index contributed by atoms with van der Waals surface area (Å²) in [6.45, 7) is 0.0710. The molecule has 0 saturated carbocycles. The van der Waals surface area contributed by atoms with E-state index in [1.165, 1.54) is 23.8 Å². The number of ether oxygens (including phenoxy) is 1. The fourth-order valence-electron chi connectivity index (χ4n) is 1.65. The molecule has 94 valence electrons. The molecular formula is C13H11ClFNO2. The van der Waals surface area contributed by atoms with E-state index in [0.717, 1.165) is 0 Å². The van der Waals surface area contributed by atoms with Gasteiger partial charge in [0.1, 0.15) is 5.82 Å². The third-order valence-electron chi connectivity index (χ3n) is 2.60. The topological polar surface area (TPSA) is 31.2 Å². The molecule has 1 aromatic heterocycles. The highest BCUT2D eigenvalue weighted by Crippen LogP contribution is 2.19. The van der Waals surface area contributed by atoms with Crippen molar-refractivity contribution in [3.63, 3.8) is 0 Å². The zero-order valence-electron chi connectivity index (χ0n) is 9.69. The molecule has 0 aliphatic carbocycles. The highest BCUT2D eigenvalue weighted by molar-refractivity contribution is 6.31. The number of rotatable bonds is 3. The second-order valence-corrected chi connectivity index (χ2v) is 4.12. The van der Waals surface area contributed by atoms with Gasteiger partial charge in [0.25, 0.3) is 5.56 Å². The van der Waals surface area contributed by atoms with Crippen LogP contribution in [0.25, 0.3) is 0 Å². The number of hydrogen-bond acceptors (Lipinski definition) is 2. The Bertz CT molecular complexity index is 604. The van der Waals surface area contributed by atoms with Gasteiger partial charge in [-0.2, -0.15) is 0 Å². The predicted octanol–water partition coefficient (Wildman–Crippen LogP) is 2.70. The molecule has 2 aromatic rings. The lowest BCUT2D eigenvalue weighted by atomic mass is 10.2. The van der Waals surface area contributed by atoms with Crippen LogP contribution < -0.4 is 10.3 Å². The summed E-state index contributed by atoms with van der Waals surface area (Å²) in [5, 5.41) is 0.296. The summed E-state index contributed by atoms with van der Waals surface area (Å²) >= 11 is 5.92. The molecule has 1 heterocycles. The Morgan fingerprint density at radius 3 is 2.78 bits per heavy atom. The Morgan fingerprint density at radius 1 is 1.33 bits per heavy atom. The molecular weight excluding hydrogens is 257 g/mol. The zero-order chi connectivity index (χ0) is 13.1. The number of halogens is 2. The van der Waals surface area contributed by atoms with E-state index in [0.29, 0.717) is 5.02 Å². The largest absolute Gasteiger partial charge is 0.491 e. The Labute approximate surface area is 108 Å². The number of aromatic nitrogens is 1. The first kappa shape index (κ1) is 12.6. The second-order valence-electron chi connectivity index (χ2n) is 3.71. The minimum Gasteiger partial charge on any atom is -0.491 e. The second kappa shape index (κ2) is 5.23. The number of benzene rings is 1. The summed E-state index contributed by atoms with van der Waals surface area (Å²) in [6.07, 6.45) is 1.56. The monoisotopic (exact) mass is 267 g/mol. The van der Waals surface area contributed by atoms with Crippen LogP contribution in [0.4, 0.5) is 4.39 Å². The van der Waals surface area contributed by atoms with Crippen molar-refractivity contribution in [1.29, 1.82) is 0 Å². The lowest BCUT2D eigenvalue weighted by molar-refractivity contribution is 0.403. The lowest BCUT2D eigenvalue weighted by Crippen LogP contribution is -2.21. The Hall–Kier alpha value is -1.81. The third-order valence-corrected chi connectivity index (χ3v) is 2.95. The normalized spacial score (nSPS) is 10.4. The fraction of sp³-hybridized carbons (Fsp3) is 0.154. The molecule has 0 atom stereocenters. The summed E-state index contributed by atoms with van der Waals surface area (Å²) in [5.41, 5.74) is -0.0335. The molecule has 1 aromatic carbocycles. The number of methoxy groups -OCH3 is 1. The Kier molecular flexibility index (Phi) is 3.67. The van der Waals surface area contributed by atoms with Crippen LogP contribution in [-0.2, 0) is 6.54 Å². The molecule has 0 saturated heterocycles. The first-order valence-corrected chi connectivity index (χ1v) is 5.67. The molecule has 0 unspecified atom stereocenters.